The molecule has 2 fully saturated rings. The number of carbonyl (C=O) groups excluding carboxylic acids is 2. The van der Waals surface area contributed by atoms with Gasteiger partial charge in [-0.3, -0.25) is 15.0 Å². The molecule has 51 heavy (non-hydrogen) atoms. The molecule has 0 amide bonds. The molecule has 0 bridgehead atoms. The van der Waals surface area contributed by atoms with Gasteiger partial charge in [0.1, 0.15) is 30.1 Å². The molecule has 3 heterocycles. The minimum Gasteiger partial charge on any atom is -0.857 e. The highest BCUT2D eigenvalue weighted by Crippen LogP contribution is 2.45. The van der Waals surface area contributed by atoms with E-state index < -0.39 is 65.5 Å². The first-order chi connectivity index (χ1) is 24.5. The van der Waals surface area contributed by atoms with Crippen molar-refractivity contribution in [3.8, 4) is 11.5 Å². The van der Waals surface area contributed by atoms with E-state index in [2.05, 4.69) is 15.0 Å². The molecule has 6 atom stereocenters. The van der Waals surface area contributed by atoms with Gasteiger partial charge in [0.2, 0.25) is 12.2 Å². The molecule has 1 saturated heterocycles. The zero-order valence-corrected chi connectivity index (χ0v) is 26.9. The lowest BCUT2D eigenvalue weighted by Gasteiger charge is -2.45. The van der Waals surface area contributed by atoms with Crippen molar-refractivity contribution < 1.29 is 54.6 Å². The van der Waals surface area contributed by atoms with Gasteiger partial charge in [-0.1, -0.05) is 55.3 Å². The Balaban J connectivity index is 1.23. The number of para-hydroxylation sites is 1. The number of quaternary nitrogens is 1. The van der Waals surface area contributed by atoms with E-state index in [0.717, 1.165) is 0 Å². The van der Waals surface area contributed by atoms with Gasteiger partial charge in [0.05, 0.1) is 11.2 Å². The summed E-state index contributed by atoms with van der Waals surface area (Å²) in [7, 11) is 0. The topological polar surface area (TPSA) is 242 Å². The fraction of sp³-hybridized carbons (Fsp3) is 0.333. The molecule has 5 aliphatic rings. The highest BCUT2D eigenvalue weighted by atomic mass is 16.7. The van der Waals surface area contributed by atoms with E-state index >= 15 is 0 Å². The summed E-state index contributed by atoms with van der Waals surface area (Å²) in [6.45, 7) is 0.0783. The third-order valence-electron chi connectivity index (χ3n) is 10.3. The van der Waals surface area contributed by atoms with Crippen LogP contribution in [-0.4, -0.2) is 103 Å². The minimum atomic E-state index is -1.85. The van der Waals surface area contributed by atoms with Crippen LogP contribution in [0.2, 0.25) is 0 Å². The van der Waals surface area contributed by atoms with E-state index in [4.69, 9.17) is 14.9 Å². The van der Waals surface area contributed by atoms with Gasteiger partial charge in [0, 0.05) is 40.1 Å². The van der Waals surface area contributed by atoms with Crippen LogP contribution in [0.3, 0.4) is 0 Å². The van der Waals surface area contributed by atoms with E-state index in [1.165, 1.54) is 18.2 Å². The number of aromatic hydroxyl groups is 1. The Morgan fingerprint density at radius 3 is 2.35 bits per heavy atom. The average Bonchev–Trinajstić information content (AvgIpc) is 3.76. The number of ether oxygens (including phenoxy) is 2. The Morgan fingerprint density at radius 2 is 1.61 bits per heavy atom. The number of carbonyl (C=O) groups is 2. The summed E-state index contributed by atoms with van der Waals surface area (Å²) >= 11 is 0. The Labute approximate surface area is 290 Å². The van der Waals surface area contributed by atoms with Crippen LogP contribution >= 0.6 is 0 Å². The lowest BCUT2D eigenvalue weighted by molar-refractivity contribution is -0.723. The lowest BCUT2D eigenvalue weighted by Crippen LogP contribution is -3.09. The fourth-order valence-corrected chi connectivity index (χ4v) is 7.72. The van der Waals surface area contributed by atoms with Crippen molar-refractivity contribution in [3.63, 3.8) is 0 Å². The molecule has 0 aromatic heterocycles. The first-order valence-electron chi connectivity index (χ1n) is 16.6. The molecule has 3 aromatic rings. The third-order valence-corrected chi connectivity index (χ3v) is 10.3. The van der Waals surface area contributed by atoms with E-state index in [9.17, 15) is 40.2 Å². The van der Waals surface area contributed by atoms with Crippen LogP contribution in [0.15, 0.2) is 69.6 Å². The van der Waals surface area contributed by atoms with Crippen molar-refractivity contribution in [2.75, 3.05) is 6.67 Å². The fourth-order valence-electron chi connectivity index (χ4n) is 7.72. The summed E-state index contributed by atoms with van der Waals surface area (Å²) < 4.78 is 12.1. The molecule has 7 N–H and O–H groups in total. The van der Waals surface area contributed by atoms with Crippen LogP contribution < -0.4 is 14.7 Å². The third kappa shape index (κ3) is 5.28. The van der Waals surface area contributed by atoms with Gasteiger partial charge in [0.25, 0.3) is 5.84 Å². The van der Waals surface area contributed by atoms with E-state index in [1.54, 1.807) is 36.4 Å². The van der Waals surface area contributed by atoms with Gasteiger partial charge in [-0.2, -0.15) is 4.99 Å². The Kier molecular flexibility index (Phi) is 7.94. The molecule has 3 aromatic carbocycles. The number of ketones is 2. The molecule has 15 nitrogen and oxygen atoms in total. The number of hydrogen-bond donors (Lipinski definition) is 7. The average molecular weight is 696 g/mol. The van der Waals surface area contributed by atoms with E-state index in [1.807, 2.05) is 0 Å². The maximum Gasteiger partial charge on any atom is 0.262 e. The molecule has 1 saturated carbocycles. The van der Waals surface area contributed by atoms with Crippen LogP contribution in [0.4, 0.5) is 5.69 Å². The number of aliphatic imine (C=N–C) groups is 3. The highest BCUT2D eigenvalue weighted by molar-refractivity contribution is 6.66. The monoisotopic (exact) mass is 695 g/mol. The summed E-state index contributed by atoms with van der Waals surface area (Å²) in [5, 5.41) is 76.3. The molecule has 3 aliphatic heterocycles. The van der Waals surface area contributed by atoms with E-state index in [0.29, 0.717) is 29.0 Å². The summed E-state index contributed by atoms with van der Waals surface area (Å²) in [5.41, 5.74) is -0.235. The number of hydrogen-bond acceptors (Lipinski definition) is 12. The maximum atomic E-state index is 13.8. The van der Waals surface area contributed by atoms with Gasteiger partial charge < -0.3 is 40.1 Å². The number of guanidine groups is 1. The van der Waals surface area contributed by atoms with Crippen molar-refractivity contribution >= 4 is 40.7 Å². The normalized spacial score (nSPS) is 28.0. The summed E-state index contributed by atoms with van der Waals surface area (Å²) in [6.07, 6.45) is -6.54. The molecular weight excluding hydrogens is 662 g/mol. The van der Waals surface area contributed by atoms with Crippen molar-refractivity contribution in [1.29, 1.82) is 5.41 Å². The number of nitrogens with zero attached hydrogens (tertiary/aromatic N) is 3. The zero-order chi connectivity index (χ0) is 35.8. The van der Waals surface area contributed by atoms with Gasteiger partial charge in [-0.25, -0.2) is 14.9 Å². The first-order valence-corrected chi connectivity index (χ1v) is 16.6. The standard InChI is InChI=1S/C36H33N5O10/c37-35-39-32-23(33(48)40-35)38-15-41(32)21-10-4-1-7-16(21)13-17-14-20-22(25(43)19-9-3-2-8-18(19)24(20)42)26(44)30(17)50-34-29(47)27(45)28(46)31(51-34)36(49)11-5-6-12-36/h1-4,7-10,14,27-29,31,34,44-47,49H,5-6,11-13,15H2,(H2,37,40,48)/t27-,28-,29+,31-,34-/m1/s1. The number of amidine groups is 1. The summed E-state index contributed by atoms with van der Waals surface area (Å²) in [4.78, 5) is 40.2. The molecule has 2 aliphatic carbocycles. The van der Waals surface area contributed by atoms with Gasteiger partial charge >= 0.3 is 0 Å². The number of benzene rings is 3. The number of phenolic OH excluding ortho intramolecular Hbond substituents is 1. The van der Waals surface area contributed by atoms with Gasteiger partial charge in [-0.05, 0) is 25.0 Å². The Hall–Kier alpha value is -5.16. The van der Waals surface area contributed by atoms with E-state index in [-0.39, 0.29) is 71.0 Å². The molecular formula is C36H33N5O10. The number of fused-ring (bicyclic) bond motifs is 3. The molecule has 1 unspecified atom stereocenters. The van der Waals surface area contributed by atoms with Crippen LogP contribution in [0.25, 0.3) is 0 Å². The second kappa shape index (κ2) is 12.3. The predicted octanol–water partition coefficient (Wildman–Crippen LogP) is -0.716. The predicted molar refractivity (Wildman–Crippen MR) is 177 cm³/mol. The van der Waals surface area contributed by atoms with Crippen molar-refractivity contribution in [3.05, 3.63) is 88.0 Å². The smallest absolute Gasteiger partial charge is 0.262 e. The Morgan fingerprint density at radius 1 is 0.922 bits per heavy atom. The minimum absolute atomic E-state index is 0.0386. The number of rotatable bonds is 6. The number of phenols is 1. The SMILES string of the molecule is N=C1N=C([O-])C2=NC[NH+](c3ccccc3Cc3cc4c(c(O)c3O[C@@H]3O[C@@H](C5(O)CCCC5)[C@H](O)[C@@H](O)[C@@H]3O)C(=O)c3ccccc3C4=O)C2=N1. The summed E-state index contributed by atoms with van der Waals surface area (Å²) in [5.74, 6) is -3.07. The van der Waals surface area contributed by atoms with Crippen LogP contribution in [0, 0.1) is 5.41 Å². The Bertz CT molecular complexity index is 2110. The molecule has 0 spiro atoms. The number of aliphatic hydroxyl groups excluding tert-OH is 3. The highest BCUT2D eigenvalue weighted by Gasteiger charge is 2.54. The lowest BCUT2D eigenvalue weighted by atomic mass is 9.81. The van der Waals surface area contributed by atoms with Gasteiger partial charge in [-0.15, -0.1) is 0 Å². The van der Waals surface area contributed by atoms with Crippen LogP contribution in [0.1, 0.15) is 68.7 Å². The molecule has 8 rings (SSSR count). The maximum absolute atomic E-state index is 13.8. The largest absolute Gasteiger partial charge is 0.857 e. The van der Waals surface area contributed by atoms with Crippen molar-refractivity contribution in [2.24, 2.45) is 15.0 Å². The first kappa shape index (κ1) is 33.0. The zero-order valence-electron chi connectivity index (χ0n) is 26.9. The molecule has 0 radical (unpaired) electrons. The van der Waals surface area contributed by atoms with Gasteiger partial charge in [0.15, 0.2) is 35.4 Å². The quantitative estimate of drug-likeness (QED) is 0.134. The number of nitrogens with one attached hydrogen (secondary N) is 2. The second-order valence-electron chi connectivity index (χ2n) is 13.3. The summed E-state index contributed by atoms with van der Waals surface area (Å²) in [6, 6.07) is 14.7. The van der Waals surface area contributed by atoms with Crippen LogP contribution in [0.5, 0.6) is 11.5 Å². The molecule has 15 heteroatoms. The van der Waals surface area contributed by atoms with Crippen molar-refractivity contribution in [1.82, 2.24) is 0 Å². The number of aliphatic hydroxyl groups is 4. The molecule has 262 valence electrons. The second-order valence-corrected chi connectivity index (χ2v) is 13.3. The van der Waals surface area contributed by atoms with Crippen LogP contribution in [-0.2, 0) is 11.2 Å². The van der Waals surface area contributed by atoms with Crippen molar-refractivity contribution in [2.45, 2.75) is 68.4 Å².